The van der Waals surface area contributed by atoms with Gasteiger partial charge in [-0.05, 0) is 18.2 Å². The van der Waals surface area contributed by atoms with Crippen molar-refractivity contribution >= 4 is 5.82 Å². The molecule has 110 valence electrons. The standard InChI is InChI=1S/C13H10F3N3O2/c14-13(15,16)12-18-8(6-11(17)19-12)7-1-2-9-10(5-7)21-4-3-20-9/h1-2,5-6H,3-4H2,(H2,17,18,19). The first-order valence-electron chi connectivity index (χ1n) is 6.05. The number of anilines is 1. The maximum absolute atomic E-state index is 12.7. The van der Waals surface area contributed by atoms with Crippen molar-refractivity contribution in [2.45, 2.75) is 6.18 Å². The van der Waals surface area contributed by atoms with Gasteiger partial charge in [-0.1, -0.05) is 0 Å². The summed E-state index contributed by atoms with van der Waals surface area (Å²) in [5.41, 5.74) is 5.94. The van der Waals surface area contributed by atoms with E-state index < -0.39 is 12.0 Å². The van der Waals surface area contributed by atoms with Crippen LogP contribution in [0.5, 0.6) is 11.5 Å². The van der Waals surface area contributed by atoms with E-state index in [1.54, 1.807) is 18.2 Å². The summed E-state index contributed by atoms with van der Waals surface area (Å²) >= 11 is 0. The minimum atomic E-state index is -4.65. The molecular formula is C13H10F3N3O2. The molecule has 1 aromatic carbocycles. The van der Waals surface area contributed by atoms with E-state index in [2.05, 4.69) is 9.97 Å². The van der Waals surface area contributed by atoms with Gasteiger partial charge in [0.25, 0.3) is 0 Å². The predicted molar refractivity (Wildman–Crippen MR) is 67.9 cm³/mol. The van der Waals surface area contributed by atoms with Gasteiger partial charge in [0, 0.05) is 11.6 Å². The summed E-state index contributed by atoms with van der Waals surface area (Å²) in [7, 11) is 0. The molecule has 0 fully saturated rings. The van der Waals surface area contributed by atoms with E-state index >= 15 is 0 Å². The Morgan fingerprint density at radius 2 is 1.71 bits per heavy atom. The minimum absolute atomic E-state index is 0.0757. The van der Waals surface area contributed by atoms with Crippen molar-refractivity contribution in [3.63, 3.8) is 0 Å². The number of halogens is 3. The molecule has 0 radical (unpaired) electrons. The number of alkyl halides is 3. The molecule has 1 aliphatic heterocycles. The summed E-state index contributed by atoms with van der Waals surface area (Å²) in [4.78, 5) is 6.72. The van der Waals surface area contributed by atoms with Gasteiger partial charge < -0.3 is 15.2 Å². The molecule has 1 aromatic heterocycles. The Bertz CT molecular complexity index is 689. The molecule has 1 aliphatic rings. The van der Waals surface area contributed by atoms with E-state index in [0.717, 1.165) is 0 Å². The molecule has 0 bridgehead atoms. The second-order valence-electron chi connectivity index (χ2n) is 4.36. The second kappa shape index (κ2) is 4.80. The predicted octanol–water partition coefficient (Wildman–Crippen LogP) is 2.52. The maximum atomic E-state index is 12.7. The van der Waals surface area contributed by atoms with Crippen LogP contribution in [-0.4, -0.2) is 23.2 Å². The van der Waals surface area contributed by atoms with Crippen molar-refractivity contribution < 1.29 is 22.6 Å². The van der Waals surface area contributed by atoms with E-state index in [9.17, 15) is 13.2 Å². The van der Waals surface area contributed by atoms with Crippen molar-refractivity contribution in [2.75, 3.05) is 18.9 Å². The average Bonchev–Trinajstić information content (AvgIpc) is 2.45. The lowest BCUT2D eigenvalue weighted by atomic mass is 10.1. The number of benzene rings is 1. The topological polar surface area (TPSA) is 70.3 Å². The molecule has 2 heterocycles. The fraction of sp³-hybridized carbons (Fsp3) is 0.231. The van der Waals surface area contributed by atoms with Gasteiger partial charge in [0.2, 0.25) is 5.82 Å². The lowest BCUT2D eigenvalue weighted by molar-refractivity contribution is -0.144. The number of hydrogen-bond donors (Lipinski definition) is 1. The quantitative estimate of drug-likeness (QED) is 0.875. The summed E-state index contributed by atoms with van der Waals surface area (Å²) in [6.45, 7) is 0.821. The normalized spacial score (nSPS) is 14.0. The Morgan fingerprint density at radius 3 is 2.43 bits per heavy atom. The minimum Gasteiger partial charge on any atom is -0.486 e. The molecule has 0 spiro atoms. The summed E-state index contributed by atoms with van der Waals surface area (Å²) in [5.74, 6) is -0.512. The number of hydrogen-bond acceptors (Lipinski definition) is 5. The number of nitrogens with zero attached hydrogens (tertiary/aromatic N) is 2. The zero-order chi connectivity index (χ0) is 15.0. The van der Waals surface area contributed by atoms with Crippen molar-refractivity contribution in [2.24, 2.45) is 0 Å². The number of ether oxygens (including phenoxy) is 2. The van der Waals surface area contributed by atoms with Gasteiger partial charge in [0.15, 0.2) is 11.5 Å². The molecule has 8 heteroatoms. The van der Waals surface area contributed by atoms with E-state index in [1.165, 1.54) is 6.07 Å². The first-order valence-corrected chi connectivity index (χ1v) is 6.05. The first kappa shape index (κ1) is 13.5. The van der Waals surface area contributed by atoms with Crippen LogP contribution in [-0.2, 0) is 6.18 Å². The SMILES string of the molecule is Nc1cc(-c2ccc3c(c2)OCCO3)nc(C(F)(F)F)n1. The molecule has 0 atom stereocenters. The number of aromatic nitrogens is 2. The molecule has 5 nitrogen and oxygen atoms in total. The van der Waals surface area contributed by atoms with Gasteiger partial charge in [-0.3, -0.25) is 0 Å². The largest absolute Gasteiger partial charge is 0.486 e. The number of rotatable bonds is 1. The Morgan fingerprint density at radius 1 is 1.00 bits per heavy atom. The third-order valence-corrected chi connectivity index (χ3v) is 2.84. The summed E-state index contributed by atoms with van der Waals surface area (Å²) < 4.78 is 48.9. The number of nitrogens with two attached hydrogens (primary N) is 1. The van der Waals surface area contributed by atoms with Crippen LogP contribution >= 0.6 is 0 Å². The second-order valence-corrected chi connectivity index (χ2v) is 4.36. The highest BCUT2D eigenvalue weighted by Crippen LogP contribution is 2.35. The molecular weight excluding hydrogens is 287 g/mol. The number of nitrogen functional groups attached to an aromatic ring is 1. The van der Waals surface area contributed by atoms with Crippen LogP contribution in [0.25, 0.3) is 11.3 Å². The van der Waals surface area contributed by atoms with Gasteiger partial charge in [-0.15, -0.1) is 0 Å². The van der Waals surface area contributed by atoms with E-state index in [1.807, 2.05) is 0 Å². The highest BCUT2D eigenvalue weighted by Gasteiger charge is 2.35. The van der Waals surface area contributed by atoms with Gasteiger partial charge in [-0.2, -0.15) is 13.2 Å². The fourth-order valence-electron chi connectivity index (χ4n) is 1.94. The first-order chi connectivity index (χ1) is 9.93. The molecule has 2 aromatic rings. The monoisotopic (exact) mass is 297 g/mol. The molecule has 0 saturated carbocycles. The molecule has 0 aliphatic carbocycles. The maximum Gasteiger partial charge on any atom is 0.451 e. The molecule has 3 rings (SSSR count). The third kappa shape index (κ3) is 2.69. The lowest BCUT2D eigenvalue weighted by Crippen LogP contribution is -2.15. The Balaban J connectivity index is 2.06. The Labute approximate surface area is 117 Å². The summed E-state index contributed by atoms with van der Waals surface area (Å²) in [6, 6.07) is 6.06. The lowest BCUT2D eigenvalue weighted by Gasteiger charge is -2.19. The molecule has 2 N–H and O–H groups in total. The van der Waals surface area contributed by atoms with Gasteiger partial charge >= 0.3 is 6.18 Å². The Kier molecular flexibility index (Phi) is 3.08. The van der Waals surface area contributed by atoms with Crippen molar-refractivity contribution in [3.8, 4) is 22.8 Å². The highest BCUT2D eigenvalue weighted by molar-refractivity contribution is 5.66. The average molecular weight is 297 g/mol. The van der Waals surface area contributed by atoms with Crippen LogP contribution in [0.2, 0.25) is 0 Å². The van der Waals surface area contributed by atoms with Crippen molar-refractivity contribution in [1.82, 2.24) is 9.97 Å². The van der Waals surface area contributed by atoms with E-state index in [-0.39, 0.29) is 11.5 Å². The van der Waals surface area contributed by atoms with Gasteiger partial charge in [-0.25, -0.2) is 9.97 Å². The highest BCUT2D eigenvalue weighted by atomic mass is 19.4. The zero-order valence-electron chi connectivity index (χ0n) is 10.6. The van der Waals surface area contributed by atoms with Gasteiger partial charge in [0.05, 0.1) is 5.69 Å². The Hall–Kier alpha value is -2.51. The fourth-order valence-corrected chi connectivity index (χ4v) is 1.94. The van der Waals surface area contributed by atoms with Crippen LogP contribution in [0.1, 0.15) is 5.82 Å². The van der Waals surface area contributed by atoms with Crippen LogP contribution in [0.4, 0.5) is 19.0 Å². The summed E-state index contributed by atoms with van der Waals surface area (Å²) in [6.07, 6.45) is -4.65. The van der Waals surface area contributed by atoms with Crippen molar-refractivity contribution in [3.05, 3.63) is 30.1 Å². The van der Waals surface area contributed by atoms with Crippen molar-refractivity contribution in [1.29, 1.82) is 0 Å². The van der Waals surface area contributed by atoms with E-state index in [0.29, 0.717) is 30.3 Å². The molecule has 0 amide bonds. The van der Waals surface area contributed by atoms with Gasteiger partial charge in [0.1, 0.15) is 19.0 Å². The van der Waals surface area contributed by atoms with Crippen LogP contribution in [0.15, 0.2) is 24.3 Å². The smallest absolute Gasteiger partial charge is 0.451 e. The van der Waals surface area contributed by atoms with Crippen LogP contribution in [0, 0.1) is 0 Å². The molecule has 0 unspecified atom stereocenters. The van der Waals surface area contributed by atoms with Crippen LogP contribution < -0.4 is 15.2 Å². The number of fused-ring (bicyclic) bond motifs is 1. The zero-order valence-corrected chi connectivity index (χ0v) is 10.6. The third-order valence-electron chi connectivity index (χ3n) is 2.84. The summed E-state index contributed by atoms with van der Waals surface area (Å²) in [5, 5.41) is 0. The molecule has 0 saturated heterocycles. The molecule has 21 heavy (non-hydrogen) atoms. The van der Waals surface area contributed by atoms with Crippen LogP contribution in [0.3, 0.4) is 0 Å². The van der Waals surface area contributed by atoms with E-state index in [4.69, 9.17) is 15.2 Å².